The monoisotopic (exact) mass is 432 g/mol. The van der Waals surface area contributed by atoms with Crippen molar-refractivity contribution in [1.29, 1.82) is 0 Å². The van der Waals surface area contributed by atoms with Crippen LogP contribution >= 0.6 is 24.0 Å². The lowest BCUT2D eigenvalue weighted by Gasteiger charge is -2.34. The maximum atomic E-state index is 11.2. The van der Waals surface area contributed by atoms with Crippen molar-refractivity contribution in [3.63, 3.8) is 0 Å². The van der Waals surface area contributed by atoms with E-state index < -0.39 is 12.1 Å². The van der Waals surface area contributed by atoms with Gasteiger partial charge in [-0.25, -0.2) is 4.79 Å². The molecule has 0 aliphatic carbocycles. The molecule has 6 nitrogen and oxygen atoms in total. The van der Waals surface area contributed by atoms with Crippen molar-refractivity contribution in [3.05, 3.63) is 16.7 Å². The lowest BCUT2D eigenvalue weighted by atomic mass is 9.88. The highest BCUT2D eigenvalue weighted by Crippen LogP contribution is 2.48. The summed E-state index contributed by atoms with van der Waals surface area (Å²) in [5.41, 5.74) is 7.26. The zero-order valence-corrected chi connectivity index (χ0v) is 17.9. The van der Waals surface area contributed by atoms with E-state index in [2.05, 4.69) is 11.8 Å². The van der Waals surface area contributed by atoms with Crippen LogP contribution in [0.15, 0.2) is 6.07 Å². The molecule has 1 fully saturated rings. The third-order valence-electron chi connectivity index (χ3n) is 5.52. The van der Waals surface area contributed by atoms with Gasteiger partial charge in [-0.15, -0.1) is 12.4 Å². The number of benzene rings is 1. The summed E-state index contributed by atoms with van der Waals surface area (Å²) in [7, 11) is 0. The number of rotatable bonds is 7. The van der Waals surface area contributed by atoms with Gasteiger partial charge in [0.1, 0.15) is 6.61 Å². The molecule has 1 saturated heterocycles. The summed E-state index contributed by atoms with van der Waals surface area (Å²) in [6.07, 6.45) is 6.11. The molecule has 0 radical (unpaired) electrons. The quantitative estimate of drug-likeness (QED) is 0.492. The van der Waals surface area contributed by atoms with Crippen molar-refractivity contribution < 1.29 is 19.4 Å². The van der Waals surface area contributed by atoms with Crippen LogP contribution in [-0.4, -0.2) is 48.3 Å². The van der Waals surface area contributed by atoms with E-state index in [4.69, 9.17) is 26.8 Å². The molecular weight excluding hydrogens is 403 g/mol. The van der Waals surface area contributed by atoms with Gasteiger partial charge in [0.05, 0.1) is 10.7 Å². The maximum absolute atomic E-state index is 11.2. The van der Waals surface area contributed by atoms with Crippen molar-refractivity contribution in [2.24, 2.45) is 0 Å². The highest BCUT2D eigenvalue weighted by atomic mass is 35.5. The summed E-state index contributed by atoms with van der Waals surface area (Å²) in [5, 5.41) is 9.58. The molecule has 2 aliphatic heterocycles. The number of nitrogen functional groups attached to an aromatic ring is 1. The molecule has 0 saturated carbocycles. The Balaban J connectivity index is 0.00000280. The number of hydrogen-bond acceptors (Lipinski definition) is 5. The van der Waals surface area contributed by atoms with Gasteiger partial charge in [0.25, 0.3) is 0 Å². The number of hydrogen-bond donors (Lipinski definition) is 2. The number of aliphatic carboxylic acids is 1. The fraction of sp³-hybridized carbons (Fsp3) is 0.650. The average molecular weight is 433 g/mol. The van der Waals surface area contributed by atoms with Gasteiger partial charge < -0.3 is 25.2 Å². The Morgan fingerprint density at radius 1 is 1.29 bits per heavy atom. The van der Waals surface area contributed by atoms with E-state index in [1.165, 1.54) is 25.7 Å². The third-order valence-corrected chi connectivity index (χ3v) is 5.84. The molecule has 1 aromatic carbocycles. The van der Waals surface area contributed by atoms with Crippen molar-refractivity contribution in [2.75, 3.05) is 32.0 Å². The highest BCUT2D eigenvalue weighted by molar-refractivity contribution is 6.33. The Morgan fingerprint density at radius 3 is 2.64 bits per heavy atom. The summed E-state index contributed by atoms with van der Waals surface area (Å²) < 4.78 is 11.4. The van der Waals surface area contributed by atoms with Gasteiger partial charge in [0, 0.05) is 5.56 Å². The fourth-order valence-electron chi connectivity index (χ4n) is 3.90. The van der Waals surface area contributed by atoms with E-state index in [1.807, 2.05) is 6.07 Å². The number of likely N-dealkylation sites (tertiary alicyclic amines) is 1. The standard InChI is InChI=1S/C20H29ClN2O4.ClH/c1-2-3-4-5-8-23-9-6-13(7-10-23)14-11-15(21)17(22)19-18(14)26-12-16(27-19)20(24)25;/h11,13,16H,2-10,12,22H2,1H3,(H,24,25);1H. The summed E-state index contributed by atoms with van der Waals surface area (Å²) in [6.45, 7) is 5.46. The van der Waals surface area contributed by atoms with Crippen molar-refractivity contribution >= 4 is 35.7 Å². The number of carbonyl (C=O) groups is 1. The predicted octanol–water partition coefficient (Wildman–Crippen LogP) is 4.33. The minimum Gasteiger partial charge on any atom is -0.485 e. The van der Waals surface area contributed by atoms with E-state index in [1.54, 1.807) is 0 Å². The van der Waals surface area contributed by atoms with Crippen LogP contribution in [0.1, 0.15) is 56.9 Å². The Bertz CT molecular complexity index is 679. The highest BCUT2D eigenvalue weighted by Gasteiger charge is 2.34. The summed E-state index contributed by atoms with van der Waals surface area (Å²) in [4.78, 5) is 13.7. The number of piperidine rings is 1. The molecule has 0 amide bonds. The maximum Gasteiger partial charge on any atom is 0.348 e. The van der Waals surface area contributed by atoms with Crippen LogP contribution in [0.2, 0.25) is 5.02 Å². The van der Waals surface area contributed by atoms with Crippen molar-refractivity contribution in [2.45, 2.75) is 57.5 Å². The first-order valence-corrected chi connectivity index (χ1v) is 10.3. The Labute approximate surface area is 177 Å². The van der Waals surface area contributed by atoms with E-state index in [-0.39, 0.29) is 30.5 Å². The van der Waals surface area contributed by atoms with Crippen LogP contribution in [0, 0.1) is 0 Å². The summed E-state index contributed by atoms with van der Waals surface area (Å²) in [5.74, 6) is 0.0839. The number of halogens is 2. The van der Waals surface area contributed by atoms with Gasteiger partial charge in [-0.1, -0.05) is 37.8 Å². The molecule has 0 aromatic heterocycles. The van der Waals surface area contributed by atoms with Crippen molar-refractivity contribution in [1.82, 2.24) is 4.90 Å². The second-order valence-electron chi connectivity index (χ2n) is 7.45. The lowest BCUT2D eigenvalue weighted by molar-refractivity contribution is -0.147. The molecule has 3 rings (SSSR count). The molecule has 8 heteroatoms. The normalized spacial score (nSPS) is 19.9. The number of carboxylic acid groups (broad SMARTS) is 1. The fourth-order valence-corrected chi connectivity index (χ4v) is 4.10. The zero-order valence-electron chi connectivity index (χ0n) is 16.3. The number of fused-ring (bicyclic) bond motifs is 1. The number of ether oxygens (including phenoxy) is 2. The molecule has 1 atom stereocenters. The molecule has 1 aromatic rings. The second kappa shape index (κ2) is 10.4. The van der Waals surface area contributed by atoms with Gasteiger partial charge in [-0.2, -0.15) is 0 Å². The van der Waals surface area contributed by atoms with Crippen LogP contribution in [-0.2, 0) is 4.79 Å². The van der Waals surface area contributed by atoms with Crippen LogP contribution in [0.5, 0.6) is 11.5 Å². The van der Waals surface area contributed by atoms with Gasteiger partial charge in [-0.05, 0) is 50.9 Å². The minimum atomic E-state index is -1.07. The van der Waals surface area contributed by atoms with Crippen LogP contribution in [0.3, 0.4) is 0 Å². The second-order valence-corrected chi connectivity index (χ2v) is 7.86. The SMILES string of the molecule is CCCCCCN1CCC(c2cc(Cl)c(N)c3c2OCC(C(=O)O)O3)CC1.Cl. The Morgan fingerprint density at radius 2 is 2.00 bits per heavy atom. The summed E-state index contributed by atoms with van der Waals surface area (Å²) in [6, 6.07) is 1.86. The Kier molecular flexibility index (Phi) is 8.53. The molecular formula is C20H30Cl2N2O4. The van der Waals surface area contributed by atoms with Crippen LogP contribution in [0.25, 0.3) is 0 Å². The molecule has 1 unspecified atom stereocenters. The van der Waals surface area contributed by atoms with E-state index in [9.17, 15) is 9.90 Å². The lowest BCUT2D eigenvalue weighted by Crippen LogP contribution is -2.37. The molecule has 28 heavy (non-hydrogen) atoms. The van der Waals surface area contributed by atoms with Gasteiger partial charge in [0.2, 0.25) is 6.10 Å². The first-order chi connectivity index (χ1) is 13.0. The topological polar surface area (TPSA) is 85.0 Å². The number of nitrogens with zero attached hydrogens (tertiary/aromatic N) is 1. The van der Waals surface area contributed by atoms with Gasteiger partial charge >= 0.3 is 5.97 Å². The molecule has 3 N–H and O–H groups in total. The first kappa shape index (κ1) is 22.9. The van der Waals surface area contributed by atoms with E-state index in [0.29, 0.717) is 16.7 Å². The molecule has 0 spiro atoms. The molecule has 2 aliphatic rings. The molecule has 158 valence electrons. The number of nitrogens with two attached hydrogens (primary N) is 1. The average Bonchev–Trinajstić information content (AvgIpc) is 2.68. The third kappa shape index (κ3) is 5.16. The number of anilines is 1. The molecule has 2 heterocycles. The minimum absolute atomic E-state index is 0. The van der Waals surface area contributed by atoms with Crippen LogP contribution in [0.4, 0.5) is 5.69 Å². The predicted molar refractivity (Wildman–Crippen MR) is 113 cm³/mol. The van der Waals surface area contributed by atoms with Gasteiger partial charge in [0.15, 0.2) is 11.5 Å². The molecule has 0 bridgehead atoms. The zero-order chi connectivity index (χ0) is 19.4. The largest absolute Gasteiger partial charge is 0.485 e. The van der Waals surface area contributed by atoms with E-state index >= 15 is 0 Å². The summed E-state index contributed by atoms with van der Waals surface area (Å²) >= 11 is 6.31. The Hall–Kier alpha value is -1.37. The van der Waals surface area contributed by atoms with Gasteiger partial charge in [-0.3, -0.25) is 0 Å². The number of unbranched alkanes of at least 4 members (excludes halogenated alkanes) is 3. The van der Waals surface area contributed by atoms with E-state index in [0.717, 1.165) is 38.0 Å². The number of carboxylic acids is 1. The first-order valence-electron chi connectivity index (χ1n) is 9.87. The van der Waals surface area contributed by atoms with Crippen molar-refractivity contribution in [3.8, 4) is 11.5 Å². The van der Waals surface area contributed by atoms with Crippen LogP contribution < -0.4 is 15.2 Å². The smallest absolute Gasteiger partial charge is 0.348 e.